The molecule has 0 unspecified atom stereocenters. The van der Waals surface area contributed by atoms with Crippen LogP contribution in [0.3, 0.4) is 0 Å². The molecule has 0 fully saturated rings. The highest BCUT2D eigenvalue weighted by Crippen LogP contribution is 2.07. The Labute approximate surface area is 70.4 Å². The van der Waals surface area contributed by atoms with Crippen molar-refractivity contribution in [3.63, 3.8) is 0 Å². The SMILES string of the molecule is N#C[C@@H](N)Cc1ccccc1F. The maximum atomic E-state index is 12.9. The molecule has 62 valence electrons. The van der Waals surface area contributed by atoms with Crippen LogP contribution in [0.25, 0.3) is 0 Å². The lowest BCUT2D eigenvalue weighted by Crippen LogP contribution is -2.20. The minimum Gasteiger partial charge on any atom is -0.316 e. The summed E-state index contributed by atoms with van der Waals surface area (Å²) < 4.78 is 12.9. The average Bonchev–Trinajstić information content (AvgIpc) is 2.09. The normalized spacial score (nSPS) is 12.1. The molecule has 0 aliphatic rings. The van der Waals surface area contributed by atoms with Crippen molar-refractivity contribution in [1.82, 2.24) is 0 Å². The summed E-state index contributed by atoms with van der Waals surface area (Å²) in [5, 5.41) is 8.39. The van der Waals surface area contributed by atoms with Crippen LogP contribution in [0.15, 0.2) is 24.3 Å². The molecule has 0 aliphatic heterocycles. The van der Waals surface area contributed by atoms with E-state index in [0.29, 0.717) is 5.56 Å². The number of nitrogens with two attached hydrogens (primary N) is 1. The quantitative estimate of drug-likeness (QED) is 0.714. The van der Waals surface area contributed by atoms with E-state index in [1.54, 1.807) is 18.2 Å². The lowest BCUT2D eigenvalue weighted by Gasteiger charge is -2.03. The molecule has 0 aliphatic carbocycles. The van der Waals surface area contributed by atoms with Crippen LogP contribution in [-0.2, 0) is 6.42 Å². The van der Waals surface area contributed by atoms with E-state index in [4.69, 9.17) is 11.0 Å². The first-order chi connectivity index (χ1) is 5.74. The molecular formula is C9H9FN2. The molecule has 0 bridgehead atoms. The molecule has 2 N–H and O–H groups in total. The first kappa shape index (κ1) is 8.69. The summed E-state index contributed by atoms with van der Waals surface area (Å²) in [5.41, 5.74) is 5.84. The molecule has 12 heavy (non-hydrogen) atoms. The minimum absolute atomic E-state index is 0.267. The zero-order valence-electron chi connectivity index (χ0n) is 6.50. The van der Waals surface area contributed by atoms with Gasteiger partial charge < -0.3 is 5.73 Å². The van der Waals surface area contributed by atoms with E-state index in [9.17, 15) is 4.39 Å². The molecule has 0 saturated carbocycles. The van der Waals surface area contributed by atoms with Crippen LogP contribution in [0.2, 0.25) is 0 Å². The number of hydrogen-bond acceptors (Lipinski definition) is 2. The molecule has 1 rings (SSSR count). The predicted molar refractivity (Wildman–Crippen MR) is 43.7 cm³/mol. The maximum Gasteiger partial charge on any atom is 0.126 e. The fourth-order valence-electron chi connectivity index (χ4n) is 0.947. The Bertz CT molecular complexity index is 304. The van der Waals surface area contributed by atoms with Gasteiger partial charge in [0.25, 0.3) is 0 Å². The summed E-state index contributed by atoms with van der Waals surface area (Å²) >= 11 is 0. The summed E-state index contributed by atoms with van der Waals surface area (Å²) in [7, 11) is 0. The van der Waals surface area contributed by atoms with Gasteiger partial charge in [0.1, 0.15) is 5.82 Å². The second kappa shape index (κ2) is 3.84. The van der Waals surface area contributed by atoms with Gasteiger partial charge in [0.15, 0.2) is 0 Å². The highest BCUT2D eigenvalue weighted by molar-refractivity contribution is 5.19. The first-order valence-electron chi connectivity index (χ1n) is 3.62. The summed E-state index contributed by atoms with van der Waals surface area (Å²) in [5.74, 6) is -0.303. The van der Waals surface area contributed by atoms with Crippen molar-refractivity contribution >= 4 is 0 Å². The zero-order chi connectivity index (χ0) is 8.97. The van der Waals surface area contributed by atoms with E-state index >= 15 is 0 Å². The molecule has 1 atom stereocenters. The molecular weight excluding hydrogens is 155 g/mol. The van der Waals surface area contributed by atoms with E-state index in [1.165, 1.54) is 6.07 Å². The lowest BCUT2D eigenvalue weighted by atomic mass is 10.1. The number of nitriles is 1. The lowest BCUT2D eigenvalue weighted by molar-refractivity contribution is 0.603. The average molecular weight is 164 g/mol. The Morgan fingerprint density at radius 3 is 2.75 bits per heavy atom. The van der Waals surface area contributed by atoms with Gasteiger partial charge in [0.05, 0.1) is 12.1 Å². The Kier molecular flexibility index (Phi) is 2.78. The zero-order valence-corrected chi connectivity index (χ0v) is 6.50. The van der Waals surface area contributed by atoms with Crippen LogP contribution in [-0.4, -0.2) is 6.04 Å². The summed E-state index contributed by atoms with van der Waals surface area (Å²) in [6.07, 6.45) is 0.267. The van der Waals surface area contributed by atoms with E-state index < -0.39 is 6.04 Å². The molecule has 2 nitrogen and oxygen atoms in total. The molecule has 0 radical (unpaired) electrons. The van der Waals surface area contributed by atoms with Crippen molar-refractivity contribution in [3.8, 4) is 6.07 Å². The highest BCUT2D eigenvalue weighted by atomic mass is 19.1. The topological polar surface area (TPSA) is 49.8 Å². The number of hydrogen-bond donors (Lipinski definition) is 1. The van der Waals surface area contributed by atoms with Crippen molar-refractivity contribution in [1.29, 1.82) is 5.26 Å². The van der Waals surface area contributed by atoms with Crippen molar-refractivity contribution in [2.24, 2.45) is 5.73 Å². The number of nitrogens with zero attached hydrogens (tertiary/aromatic N) is 1. The third-order valence-electron chi connectivity index (χ3n) is 1.56. The van der Waals surface area contributed by atoms with Gasteiger partial charge in [-0.2, -0.15) is 5.26 Å². The Hall–Kier alpha value is -1.40. The van der Waals surface area contributed by atoms with Crippen LogP contribution in [0.4, 0.5) is 4.39 Å². The second-order valence-electron chi connectivity index (χ2n) is 2.53. The molecule has 1 aromatic rings. The van der Waals surface area contributed by atoms with Gasteiger partial charge >= 0.3 is 0 Å². The van der Waals surface area contributed by atoms with Gasteiger partial charge in [0, 0.05) is 6.42 Å². The molecule has 1 aromatic carbocycles. The molecule has 0 heterocycles. The third-order valence-corrected chi connectivity index (χ3v) is 1.56. The summed E-state index contributed by atoms with van der Waals surface area (Å²) in [4.78, 5) is 0. The molecule has 0 aromatic heterocycles. The molecule has 0 saturated heterocycles. The predicted octanol–water partition coefficient (Wildman–Crippen LogP) is 1.22. The maximum absolute atomic E-state index is 12.9. The van der Waals surface area contributed by atoms with Crippen molar-refractivity contribution < 1.29 is 4.39 Å². The summed E-state index contributed by atoms with van der Waals surface area (Å²) in [6.45, 7) is 0. The van der Waals surface area contributed by atoms with Gasteiger partial charge in [-0.05, 0) is 11.6 Å². The highest BCUT2D eigenvalue weighted by Gasteiger charge is 2.05. The van der Waals surface area contributed by atoms with Gasteiger partial charge in [-0.25, -0.2) is 4.39 Å². The number of rotatable bonds is 2. The summed E-state index contributed by atoms with van der Waals surface area (Å²) in [6, 6.07) is 7.55. The Balaban J connectivity index is 2.77. The fraction of sp³-hybridized carbons (Fsp3) is 0.222. The van der Waals surface area contributed by atoms with Gasteiger partial charge in [0.2, 0.25) is 0 Å². The first-order valence-corrected chi connectivity index (χ1v) is 3.62. The van der Waals surface area contributed by atoms with Crippen LogP contribution in [0, 0.1) is 17.1 Å². The van der Waals surface area contributed by atoms with E-state index in [1.807, 2.05) is 6.07 Å². The van der Waals surface area contributed by atoms with E-state index in [-0.39, 0.29) is 12.2 Å². The van der Waals surface area contributed by atoms with Crippen molar-refractivity contribution in [2.45, 2.75) is 12.5 Å². The van der Waals surface area contributed by atoms with E-state index in [2.05, 4.69) is 0 Å². The fourth-order valence-corrected chi connectivity index (χ4v) is 0.947. The second-order valence-corrected chi connectivity index (χ2v) is 2.53. The largest absolute Gasteiger partial charge is 0.316 e. The molecule has 0 amide bonds. The monoisotopic (exact) mass is 164 g/mol. The van der Waals surface area contributed by atoms with Crippen molar-refractivity contribution in [3.05, 3.63) is 35.6 Å². The van der Waals surface area contributed by atoms with Crippen LogP contribution in [0.1, 0.15) is 5.56 Å². The molecule has 0 spiro atoms. The number of halogens is 1. The third kappa shape index (κ3) is 2.04. The van der Waals surface area contributed by atoms with Gasteiger partial charge in [-0.1, -0.05) is 18.2 Å². The van der Waals surface area contributed by atoms with Gasteiger partial charge in [-0.15, -0.1) is 0 Å². The standard InChI is InChI=1S/C9H9FN2/c10-9-4-2-1-3-7(9)5-8(12)6-11/h1-4,8H,5,12H2/t8-/m0/s1. The Morgan fingerprint density at radius 2 is 2.17 bits per heavy atom. The van der Waals surface area contributed by atoms with Gasteiger partial charge in [-0.3, -0.25) is 0 Å². The smallest absolute Gasteiger partial charge is 0.126 e. The Morgan fingerprint density at radius 1 is 1.50 bits per heavy atom. The molecule has 3 heteroatoms. The minimum atomic E-state index is -0.623. The van der Waals surface area contributed by atoms with E-state index in [0.717, 1.165) is 0 Å². The van der Waals surface area contributed by atoms with Crippen LogP contribution >= 0.6 is 0 Å². The van der Waals surface area contributed by atoms with Crippen molar-refractivity contribution in [2.75, 3.05) is 0 Å². The van der Waals surface area contributed by atoms with Crippen LogP contribution in [0.5, 0.6) is 0 Å². The van der Waals surface area contributed by atoms with Crippen LogP contribution < -0.4 is 5.73 Å². The number of benzene rings is 1.